The highest BCUT2D eigenvalue weighted by Gasteiger charge is 2.23. The van der Waals surface area contributed by atoms with Crippen LogP contribution in [0.1, 0.15) is 5.56 Å². The van der Waals surface area contributed by atoms with Gasteiger partial charge < -0.3 is 4.57 Å². The zero-order valence-electron chi connectivity index (χ0n) is 12.2. The van der Waals surface area contributed by atoms with Crippen molar-refractivity contribution >= 4 is 21.8 Å². The molecule has 4 aromatic rings. The third-order valence-corrected chi connectivity index (χ3v) is 4.06. The van der Waals surface area contributed by atoms with E-state index >= 15 is 0 Å². The minimum absolute atomic E-state index is 0.284. The molecule has 0 aliphatic rings. The first-order chi connectivity index (χ1) is 11.6. The molecule has 0 spiro atoms. The van der Waals surface area contributed by atoms with Gasteiger partial charge in [0.1, 0.15) is 17.3 Å². The van der Waals surface area contributed by atoms with Crippen LogP contribution in [0.3, 0.4) is 0 Å². The Morgan fingerprint density at radius 3 is 1.88 bits per heavy atom. The molecule has 24 heavy (non-hydrogen) atoms. The first-order valence-corrected chi connectivity index (χ1v) is 7.19. The monoisotopic (exact) mass is 322 g/mol. The van der Waals surface area contributed by atoms with Gasteiger partial charge in [0.05, 0.1) is 11.0 Å². The Balaban J connectivity index is 2.27. The average Bonchev–Trinajstić information content (AvgIpc) is 2.92. The highest BCUT2D eigenvalue weighted by atomic mass is 19.2. The van der Waals surface area contributed by atoms with Crippen LogP contribution in [-0.2, 0) is 0 Å². The third kappa shape index (κ3) is 1.83. The molecular formula is C19H9F3N2. The lowest BCUT2D eigenvalue weighted by Crippen LogP contribution is -2.05. The fraction of sp³-hybridized carbons (Fsp3) is 0. The van der Waals surface area contributed by atoms with Gasteiger partial charge in [-0.1, -0.05) is 36.4 Å². The van der Waals surface area contributed by atoms with Gasteiger partial charge in [-0.3, -0.25) is 0 Å². The second-order valence-corrected chi connectivity index (χ2v) is 5.36. The van der Waals surface area contributed by atoms with Gasteiger partial charge in [0.15, 0.2) is 17.5 Å². The van der Waals surface area contributed by atoms with Crippen LogP contribution in [-0.4, -0.2) is 4.57 Å². The topological polar surface area (TPSA) is 28.7 Å². The molecule has 0 aliphatic carbocycles. The minimum Gasteiger partial charge on any atom is -0.305 e. The Morgan fingerprint density at radius 2 is 1.33 bits per heavy atom. The zero-order valence-corrected chi connectivity index (χ0v) is 12.2. The van der Waals surface area contributed by atoms with Crippen molar-refractivity contribution in [3.63, 3.8) is 0 Å². The second-order valence-electron chi connectivity index (χ2n) is 5.36. The first-order valence-electron chi connectivity index (χ1n) is 7.19. The van der Waals surface area contributed by atoms with E-state index in [2.05, 4.69) is 0 Å². The minimum atomic E-state index is -1.38. The molecule has 4 rings (SSSR count). The molecule has 0 atom stereocenters. The molecule has 2 nitrogen and oxygen atoms in total. The normalized spacial score (nSPS) is 11.1. The number of para-hydroxylation sites is 2. The zero-order chi connectivity index (χ0) is 16.8. The Morgan fingerprint density at radius 1 is 0.792 bits per heavy atom. The van der Waals surface area contributed by atoms with Gasteiger partial charge in [-0.25, -0.2) is 13.2 Å². The third-order valence-electron chi connectivity index (χ3n) is 4.06. The average molecular weight is 322 g/mol. The molecular weight excluding hydrogens is 313 g/mol. The van der Waals surface area contributed by atoms with Gasteiger partial charge in [0.25, 0.3) is 0 Å². The van der Waals surface area contributed by atoms with Crippen LogP contribution in [0.25, 0.3) is 27.5 Å². The summed E-state index contributed by atoms with van der Waals surface area (Å²) in [6.07, 6.45) is 0. The van der Waals surface area contributed by atoms with Crippen molar-refractivity contribution in [1.29, 1.82) is 5.26 Å². The molecule has 0 bridgehead atoms. The van der Waals surface area contributed by atoms with Gasteiger partial charge in [-0.15, -0.1) is 0 Å². The molecule has 0 saturated carbocycles. The van der Waals surface area contributed by atoms with Crippen LogP contribution in [0.2, 0.25) is 0 Å². The van der Waals surface area contributed by atoms with Crippen molar-refractivity contribution in [2.75, 3.05) is 0 Å². The number of nitrogens with zero attached hydrogens (tertiary/aromatic N) is 2. The lowest BCUT2D eigenvalue weighted by molar-refractivity contribution is 0.491. The Hall–Kier alpha value is -3.26. The van der Waals surface area contributed by atoms with Crippen molar-refractivity contribution < 1.29 is 13.2 Å². The summed E-state index contributed by atoms with van der Waals surface area (Å²) >= 11 is 0. The number of rotatable bonds is 1. The largest absolute Gasteiger partial charge is 0.305 e. The van der Waals surface area contributed by atoms with Crippen LogP contribution in [0.15, 0.2) is 54.6 Å². The number of benzene rings is 3. The molecule has 1 aromatic heterocycles. The number of aromatic nitrogens is 1. The van der Waals surface area contributed by atoms with E-state index in [9.17, 15) is 18.4 Å². The van der Waals surface area contributed by atoms with E-state index in [0.717, 1.165) is 10.8 Å². The SMILES string of the molecule is N#Cc1c(F)c(F)cc(F)c1-n1c2ccccc2c2ccccc21. The molecule has 3 aromatic carbocycles. The van der Waals surface area contributed by atoms with Gasteiger partial charge in [-0.05, 0) is 12.1 Å². The fourth-order valence-corrected chi connectivity index (χ4v) is 3.07. The summed E-state index contributed by atoms with van der Waals surface area (Å²) < 4.78 is 43.5. The Kier molecular flexibility index (Phi) is 3.07. The molecule has 0 aliphatic heterocycles. The van der Waals surface area contributed by atoms with E-state index in [1.807, 2.05) is 24.3 Å². The van der Waals surface area contributed by atoms with Crippen molar-refractivity contribution in [3.8, 4) is 11.8 Å². The molecule has 0 saturated heterocycles. The molecule has 0 radical (unpaired) electrons. The van der Waals surface area contributed by atoms with E-state index < -0.39 is 23.0 Å². The lowest BCUT2D eigenvalue weighted by Gasteiger charge is -2.12. The standard InChI is InChI=1S/C19H9F3N2/c20-14-9-15(21)19(13(10-23)18(14)22)24-16-7-3-1-5-11(16)12-6-2-4-8-17(12)24/h1-9H. The molecule has 5 heteroatoms. The maximum Gasteiger partial charge on any atom is 0.178 e. The Labute approximate surface area is 135 Å². The molecule has 0 amide bonds. The van der Waals surface area contributed by atoms with Crippen molar-refractivity contribution in [3.05, 3.63) is 77.6 Å². The lowest BCUT2D eigenvalue weighted by atomic mass is 10.1. The first kappa shape index (κ1) is 14.3. The number of hydrogen-bond acceptors (Lipinski definition) is 1. The van der Waals surface area contributed by atoms with Crippen molar-refractivity contribution in [2.24, 2.45) is 0 Å². The maximum absolute atomic E-state index is 14.5. The number of halogens is 3. The van der Waals surface area contributed by atoms with Crippen molar-refractivity contribution in [1.82, 2.24) is 4.57 Å². The number of fused-ring (bicyclic) bond motifs is 3. The summed E-state index contributed by atoms with van der Waals surface area (Å²) in [5.74, 6) is -3.72. The van der Waals surface area contributed by atoms with Crippen LogP contribution >= 0.6 is 0 Å². The van der Waals surface area contributed by atoms with Gasteiger partial charge in [0, 0.05) is 16.8 Å². The van der Waals surface area contributed by atoms with Crippen LogP contribution in [0, 0.1) is 28.8 Å². The van der Waals surface area contributed by atoms with Gasteiger partial charge >= 0.3 is 0 Å². The highest BCUT2D eigenvalue weighted by molar-refractivity contribution is 6.09. The van der Waals surface area contributed by atoms with E-state index in [4.69, 9.17) is 0 Å². The summed E-state index contributed by atoms with van der Waals surface area (Å²) in [6, 6.07) is 16.5. The summed E-state index contributed by atoms with van der Waals surface area (Å²) in [6.45, 7) is 0. The number of nitriles is 1. The summed E-state index contributed by atoms with van der Waals surface area (Å²) in [5.41, 5.74) is 0.285. The Bertz CT molecular complexity index is 1100. The predicted octanol–water partition coefficient (Wildman–Crippen LogP) is 5.07. The maximum atomic E-state index is 14.5. The summed E-state index contributed by atoms with van der Waals surface area (Å²) in [5, 5.41) is 10.9. The van der Waals surface area contributed by atoms with E-state index in [0.29, 0.717) is 17.1 Å². The molecule has 0 unspecified atom stereocenters. The van der Waals surface area contributed by atoms with E-state index in [1.54, 1.807) is 30.3 Å². The fourth-order valence-electron chi connectivity index (χ4n) is 3.07. The summed E-state index contributed by atoms with van der Waals surface area (Å²) in [7, 11) is 0. The predicted molar refractivity (Wildman–Crippen MR) is 85.4 cm³/mol. The van der Waals surface area contributed by atoms with Crippen molar-refractivity contribution in [2.45, 2.75) is 0 Å². The van der Waals surface area contributed by atoms with Crippen LogP contribution < -0.4 is 0 Å². The van der Waals surface area contributed by atoms with Crippen LogP contribution in [0.4, 0.5) is 13.2 Å². The molecule has 0 N–H and O–H groups in total. The molecule has 116 valence electrons. The molecule has 1 heterocycles. The van der Waals surface area contributed by atoms with Gasteiger partial charge in [0.2, 0.25) is 0 Å². The van der Waals surface area contributed by atoms with E-state index in [-0.39, 0.29) is 5.69 Å². The highest BCUT2D eigenvalue weighted by Crippen LogP contribution is 2.34. The van der Waals surface area contributed by atoms with Crippen LogP contribution in [0.5, 0.6) is 0 Å². The second kappa shape index (κ2) is 5.14. The molecule has 0 fully saturated rings. The van der Waals surface area contributed by atoms with Gasteiger partial charge in [-0.2, -0.15) is 5.26 Å². The summed E-state index contributed by atoms with van der Waals surface area (Å²) in [4.78, 5) is 0. The quantitative estimate of drug-likeness (QED) is 0.450. The number of hydrogen-bond donors (Lipinski definition) is 0. The smallest absolute Gasteiger partial charge is 0.178 e. The van der Waals surface area contributed by atoms with E-state index in [1.165, 1.54) is 4.57 Å².